The summed E-state index contributed by atoms with van der Waals surface area (Å²) in [5.74, 6) is -1.01. The van der Waals surface area contributed by atoms with E-state index in [1.54, 1.807) is 24.3 Å². The number of fused-ring (bicyclic) bond motifs is 3. The first kappa shape index (κ1) is 14.2. The Bertz CT molecular complexity index is 620. The van der Waals surface area contributed by atoms with Gasteiger partial charge in [-0.1, -0.05) is 23.9 Å². The van der Waals surface area contributed by atoms with Crippen LogP contribution in [0.15, 0.2) is 29.2 Å². The number of thioether (sulfide) groups is 1. The zero-order valence-electron chi connectivity index (χ0n) is 10.7. The average molecular weight is 316 g/mol. The van der Waals surface area contributed by atoms with Gasteiger partial charge in [0.25, 0.3) is 5.91 Å². The van der Waals surface area contributed by atoms with Gasteiger partial charge in [-0.2, -0.15) is 13.2 Å². The number of rotatable bonds is 2. The standard InChI is InChI=1S/C13H11F3N2O2S/c14-13(15,16)7-17-11(20)12-6-5-10(19)18(12)8-3-1-2-4-9(8)21-12/h1-4H,5-7H2,(H,17,20). The Morgan fingerprint density at radius 3 is 2.81 bits per heavy atom. The van der Waals surface area contributed by atoms with E-state index >= 15 is 0 Å². The third kappa shape index (κ3) is 2.27. The van der Waals surface area contributed by atoms with Gasteiger partial charge in [0.05, 0.1) is 5.69 Å². The molecular weight excluding hydrogens is 305 g/mol. The van der Waals surface area contributed by atoms with Crippen LogP contribution in [-0.2, 0) is 9.59 Å². The van der Waals surface area contributed by atoms with Gasteiger partial charge in [0.2, 0.25) is 5.91 Å². The number of amides is 2. The molecule has 1 atom stereocenters. The van der Waals surface area contributed by atoms with Crippen molar-refractivity contribution in [3.63, 3.8) is 0 Å². The molecule has 0 saturated carbocycles. The first-order valence-corrected chi connectivity index (χ1v) is 7.11. The predicted molar refractivity (Wildman–Crippen MR) is 70.8 cm³/mol. The van der Waals surface area contributed by atoms with Crippen LogP contribution in [0.5, 0.6) is 0 Å². The fourth-order valence-electron chi connectivity index (χ4n) is 2.62. The molecule has 2 aliphatic rings. The fourth-order valence-corrected chi connectivity index (χ4v) is 4.05. The van der Waals surface area contributed by atoms with E-state index in [2.05, 4.69) is 0 Å². The second-order valence-corrected chi connectivity index (χ2v) is 6.20. The van der Waals surface area contributed by atoms with Gasteiger partial charge in [-0.05, 0) is 18.6 Å². The summed E-state index contributed by atoms with van der Waals surface area (Å²) in [6.07, 6.45) is -4.12. The van der Waals surface area contributed by atoms with Gasteiger partial charge in [-0.25, -0.2) is 0 Å². The molecule has 0 aromatic heterocycles. The number of carbonyl (C=O) groups is 2. The monoisotopic (exact) mass is 316 g/mol. The van der Waals surface area contributed by atoms with Crippen molar-refractivity contribution in [2.45, 2.75) is 28.8 Å². The lowest BCUT2D eigenvalue weighted by molar-refractivity contribution is -0.139. The van der Waals surface area contributed by atoms with Crippen molar-refractivity contribution in [3.05, 3.63) is 24.3 Å². The van der Waals surface area contributed by atoms with E-state index in [1.807, 2.05) is 5.32 Å². The highest BCUT2D eigenvalue weighted by molar-refractivity contribution is 8.02. The number of carbonyl (C=O) groups excluding carboxylic acids is 2. The van der Waals surface area contributed by atoms with E-state index in [4.69, 9.17) is 0 Å². The molecule has 2 heterocycles. The topological polar surface area (TPSA) is 49.4 Å². The Balaban J connectivity index is 1.90. The smallest absolute Gasteiger partial charge is 0.344 e. The first-order chi connectivity index (χ1) is 9.83. The summed E-state index contributed by atoms with van der Waals surface area (Å²) in [6, 6.07) is 6.95. The van der Waals surface area contributed by atoms with Gasteiger partial charge in [-0.15, -0.1) is 0 Å². The van der Waals surface area contributed by atoms with Crippen LogP contribution >= 0.6 is 11.8 Å². The Kier molecular flexibility index (Phi) is 3.16. The number of nitrogens with one attached hydrogen (secondary N) is 1. The quantitative estimate of drug-likeness (QED) is 0.911. The van der Waals surface area contributed by atoms with Crippen LogP contribution in [0, 0.1) is 0 Å². The molecule has 1 fully saturated rings. The van der Waals surface area contributed by atoms with Crippen molar-refractivity contribution < 1.29 is 22.8 Å². The molecule has 1 N–H and O–H groups in total. The van der Waals surface area contributed by atoms with E-state index in [0.717, 1.165) is 16.7 Å². The van der Waals surface area contributed by atoms with Gasteiger partial charge in [-0.3, -0.25) is 14.5 Å². The van der Waals surface area contributed by atoms with E-state index < -0.39 is 23.5 Å². The van der Waals surface area contributed by atoms with Crippen LogP contribution in [0.2, 0.25) is 0 Å². The Morgan fingerprint density at radius 1 is 1.38 bits per heavy atom. The molecule has 21 heavy (non-hydrogen) atoms. The van der Waals surface area contributed by atoms with E-state index in [0.29, 0.717) is 5.69 Å². The second kappa shape index (κ2) is 4.66. The Morgan fingerprint density at radius 2 is 2.10 bits per heavy atom. The number of para-hydroxylation sites is 1. The molecule has 0 bridgehead atoms. The summed E-state index contributed by atoms with van der Waals surface area (Å²) < 4.78 is 36.8. The number of halogens is 3. The number of nitrogens with zero attached hydrogens (tertiary/aromatic N) is 1. The average Bonchev–Trinajstić information content (AvgIpc) is 2.92. The maximum absolute atomic E-state index is 12.3. The molecule has 1 aromatic rings. The van der Waals surface area contributed by atoms with Crippen LogP contribution in [-0.4, -0.2) is 29.4 Å². The summed E-state index contributed by atoms with van der Waals surface area (Å²) in [7, 11) is 0. The minimum Gasteiger partial charge on any atom is -0.344 e. The van der Waals surface area contributed by atoms with Crippen molar-refractivity contribution in [1.82, 2.24) is 5.32 Å². The molecule has 1 unspecified atom stereocenters. The molecule has 0 spiro atoms. The summed E-state index contributed by atoms with van der Waals surface area (Å²) in [5, 5.41) is 1.90. The number of benzene rings is 1. The highest BCUT2D eigenvalue weighted by Gasteiger charge is 2.57. The van der Waals surface area contributed by atoms with Crippen LogP contribution in [0.4, 0.5) is 18.9 Å². The number of anilines is 1. The van der Waals surface area contributed by atoms with Crippen LogP contribution in [0.25, 0.3) is 0 Å². The minimum absolute atomic E-state index is 0.154. The normalized spacial score (nSPS) is 24.0. The fraction of sp³-hybridized carbons (Fsp3) is 0.385. The summed E-state index contributed by atoms with van der Waals surface area (Å²) in [6.45, 7) is -1.40. The maximum atomic E-state index is 12.3. The molecule has 8 heteroatoms. The second-order valence-electron chi connectivity index (χ2n) is 4.88. The van der Waals surface area contributed by atoms with Crippen LogP contribution < -0.4 is 10.2 Å². The van der Waals surface area contributed by atoms with E-state index in [1.165, 1.54) is 4.90 Å². The lowest BCUT2D eigenvalue weighted by Crippen LogP contribution is -2.53. The Labute approximate surface area is 122 Å². The molecule has 4 nitrogen and oxygen atoms in total. The summed E-state index contributed by atoms with van der Waals surface area (Å²) >= 11 is 1.14. The SMILES string of the molecule is O=C1CCC2(C(=O)NCC(F)(F)F)Sc3ccccc3N12. The Hall–Kier alpha value is -1.70. The third-order valence-electron chi connectivity index (χ3n) is 3.48. The zero-order valence-corrected chi connectivity index (χ0v) is 11.6. The van der Waals surface area contributed by atoms with Gasteiger partial charge in [0, 0.05) is 11.3 Å². The summed E-state index contributed by atoms with van der Waals surface area (Å²) in [4.78, 5) is 25.1. The molecule has 112 valence electrons. The third-order valence-corrected chi connectivity index (χ3v) is 4.95. The predicted octanol–water partition coefficient (Wildman–Crippen LogP) is 2.29. The van der Waals surface area contributed by atoms with Crippen LogP contribution in [0.1, 0.15) is 12.8 Å². The molecule has 1 saturated heterocycles. The van der Waals surface area contributed by atoms with Crippen molar-refractivity contribution >= 4 is 29.3 Å². The van der Waals surface area contributed by atoms with Gasteiger partial charge < -0.3 is 5.32 Å². The largest absolute Gasteiger partial charge is 0.405 e. The molecule has 1 aromatic carbocycles. The van der Waals surface area contributed by atoms with Crippen molar-refractivity contribution in [3.8, 4) is 0 Å². The van der Waals surface area contributed by atoms with Gasteiger partial charge in [0.15, 0.2) is 4.87 Å². The van der Waals surface area contributed by atoms with Crippen molar-refractivity contribution in [2.24, 2.45) is 0 Å². The molecule has 2 amide bonds. The van der Waals surface area contributed by atoms with Crippen molar-refractivity contribution in [1.29, 1.82) is 0 Å². The molecule has 3 rings (SSSR count). The number of alkyl halides is 3. The minimum atomic E-state index is -4.48. The molecule has 2 aliphatic heterocycles. The maximum Gasteiger partial charge on any atom is 0.405 e. The molecule has 0 radical (unpaired) electrons. The summed E-state index contributed by atoms with van der Waals surface area (Å²) in [5.41, 5.74) is 0.590. The van der Waals surface area contributed by atoms with E-state index in [9.17, 15) is 22.8 Å². The van der Waals surface area contributed by atoms with Gasteiger partial charge in [0.1, 0.15) is 6.54 Å². The number of hydrogen-bond donors (Lipinski definition) is 1. The number of hydrogen-bond acceptors (Lipinski definition) is 3. The molecular formula is C13H11F3N2O2S. The van der Waals surface area contributed by atoms with E-state index in [-0.39, 0.29) is 18.7 Å². The lowest BCUT2D eigenvalue weighted by atomic mass is 10.2. The van der Waals surface area contributed by atoms with Gasteiger partial charge >= 0.3 is 6.18 Å². The van der Waals surface area contributed by atoms with Crippen LogP contribution in [0.3, 0.4) is 0 Å². The zero-order chi connectivity index (χ0) is 15.3. The van der Waals surface area contributed by atoms with Crippen molar-refractivity contribution in [2.75, 3.05) is 11.4 Å². The highest BCUT2D eigenvalue weighted by Crippen LogP contribution is 2.55. The highest BCUT2D eigenvalue weighted by atomic mass is 32.2. The first-order valence-electron chi connectivity index (χ1n) is 6.30. The molecule has 0 aliphatic carbocycles. The lowest BCUT2D eigenvalue weighted by Gasteiger charge is -2.29.